The zero-order chi connectivity index (χ0) is 18.2. The van der Waals surface area contributed by atoms with Gasteiger partial charge >= 0.3 is 5.97 Å². The van der Waals surface area contributed by atoms with Crippen LogP contribution >= 0.6 is 23.2 Å². The summed E-state index contributed by atoms with van der Waals surface area (Å²) >= 11 is 11.9. The molecule has 0 saturated carbocycles. The number of carbonyl (C=O) groups excluding carboxylic acids is 2. The van der Waals surface area contributed by atoms with Gasteiger partial charge in [0.15, 0.2) is 13.2 Å². The third kappa shape index (κ3) is 6.64. The number of halogens is 2. The second kappa shape index (κ2) is 9.29. The van der Waals surface area contributed by atoms with Crippen LogP contribution in [0.2, 0.25) is 10.0 Å². The maximum absolute atomic E-state index is 11.6. The molecular weight excluding hydrogens is 371 g/mol. The van der Waals surface area contributed by atoms with Gasteiger partial charge in [-0.05, 0) is 36.2 Å². The minimum absolute atomic E-state index is 0.179. The van der Waals surface area contributed by atoms with E-state index in [2.05, 4.69) is 10.5 Å². The second-order valence-corrected chi connectivity index (χ2v) is 5.90. The minimum Gasteiger partial charge on any atom is -0.463 e. The van der Waals surface area contributed by atoms with Gasteiger partial charge in [0, 0.05) is 22.7 Å². The van der Waals surface area contributed by atoms with Crippen LogP contribution < -0.4 is 10.1 Å². The van der Waals surface area contributed by atoms with Crippen molar-refractivity contribution in [3.8, 4) is 5.88 Å². The van der Waals surface area contributed by atoms with Gasteiger partial charge in [-0.25, -0.2) is 4.79 Å². The Labute approximate surface area is 154 Å². The Hall–Kier alpha value is -2.25. The average Bonchev–Trinajstić information content (AvgIpc) is 2.98. The van der Waals surface area contributed by atoms with E-state index in [1.54, 1.807) is 25.1 Å². The van der Waals surface area contributed by atoms with Crippen LogP contribution in [-0.2, 0) is 20.7 Å². The van der Waals surface area contributed by atoms with Crippen molar-refractivity contribution in [3.63, 3.8) is 0 Å². The first-order valence-electron chi connectivity index (χ1n) is 7.36. The number of aryl methyl sites for hydroxylation is 1. The fourth-order valence-corrected chi connectivity index (χ4v) is 2.35. The largest absolute Gasteiger partial charge is 0.463 e. The lowest BCUT2D eigenvalue weighted by Gasteiger charge is -2.08. The smallest absolute Gasteiger partial charge is 0.344 e. The van der Waals surface area contributed by atoms with E-state index >= 15 is 0 Å². The summed E-state index contributed by atoms with van der Waals surface area (Å²) in [5, 5.41) is 7.28. The first kappa shape index (κ1) is 19.1. The molecule has 1 aromatic heterocycles. The molecule has 1 amide bonds. The van der Waals surface area contributed by atoms with Gasteiger partial charge in [-0.2, -0.15) is 0 Å². The summed E-state index contributed by atoms with van der Waals surface area (Å²) in [5.41, 5.74) is 0.861. The van der Waals surface area contributed by atoms with Crippen LogP contribution in [0.25, 0.3) is 0 Å². The molecule has 0 radical (unpaired) electrons. The second-order valence-electron chi connectivity index (χ2n) is 5.06. The quantitative estimate of drug-likeness (QED) is 0.701. The van der Waals surface area contributed by atoms with Crippen LogP contribution in [0, 0.1) is 6.92 Å². The van der Waals surface area contributed by atoms with Crippen molar-refractivity contribution >= 4 is 35.1 Å². The lowest BCUT2D eigenvalue weighted by atomic mass is 10.1. The summed E-state index contributed by atoms with van der Waals surface area (Å²) in [6.45, 7) is 1.29. The van der Waals surface area contributed by atoms with Gasteiger partial charge in [0.25, 0.3) is 11.8 Å². The van der Waals surface area contributed by atoms with Crippen LogP contribution in [0.5, 0.6) is 5.88 Å². The predicted molar refractivity (Wildman–Crippen MR) is 90.9 cm³/mol. The summed E-state index contributed by atoms with van der Waals surface area (Å²) in [6, 6.07) is 6.68. The topological polar surface area (TPSA) is 90.7 Å². The van der Waals surface area contributed by atoms with E-state index in [1.165, 1.54) is 6.07 Å². The highest BCUT2D eigenvalue weighted by Crippen LogP contribution is 2.21. The number of hydrogen-bond acceptors (Lipinski definition) is 6. The zero-order valence-electron chi connectivity index (χ0n) is 13.4. The zero-order valence-corrected chi connectivity index (χ0v) is 14.9. The summed E-state index contributed by atoms with van der Waals surface area (Å²) < 4.78 is 14.6. The number of nitrogens with zero attached hydrogens (tertiary/aromatic N) is 1. The van der Waals surface area contributed by atoms with E-state index in [1.807, 2.05) is 0 Å². The first-order valence-corrected chi connectivity index (χ1v) is 8.12. The number of benzene rings is 1. The highest BCUT2D eigenvalue weighted by molar-refractivity contribution is 6.35. The highest BCUT2D eigenvalue weighted by Gasteiger charge is 2.10. The maximum Gasteiger partial charge on any atom is 0.344 e. The molecule has 0 aliphatic carbocycles. The van der Waals surface area contributed by atoms with Crippen LogP contribution in [0.4, 0.5) is 0 Å². The van der Waals surface area contributed by atoms with Crippen molar-refractivity contribution in [2.75, 3.05) is 19.8 Å². The van der Waals surface area contributed by atoms with Crippen LogP contribution in [-0.4, -0.2) is 36.8 Å². The van der Waals surface area contributed by atoms with E-state index in [9.17, 15) is 9.59 Å². The fraction of sp³-hybridized carbons (Fsp3) is 0.312. The lowest BCUT2D eigenvalue weighted by molar-refractivity contribution is -0.150. The number of ether oxygens (including phenoxy) is 2. The predicted octanol–water partition coefficient (Wildman–Crippen LogP) is 2.57. The monoisotopic (exact) mass is 386 g/mol. The van der Waals surface area contributed by atoms with Crippen molar-refractivity contribution in [2.45, 2.75) is 13.3 Å². The van der Waals surface area contributed by atoms with E-state index in [0.29, 0.717) is 28.8 Å². The first-order chi connectivity index (χ1) is 11.9. The maximum atomic E-state index is 11.6. The van der Waals surface area contributed by atoms with E-state index in [-0.39, 0.29) is 12.5 Å². The molecule has 9 heteroatoms. The summed E-state index contributed by atoms with van der Waals surface area (Å²) in [6.07, 6.45) is 0.532. The molecular formula is C16H16Cl2N2O5. The van der Waals surface area contributed by atoms with Crippen molar-refractivity contribution < 1.29 is 23.6 Å². The third-order valence-corrected chi connectivity index (χ3v) is 3.63. The molecule has 25 heavy (non-hydrogen) atoms. The van der Waals surface area contributed by atoms with E-state index in [4.69, 9.17) is 37.2 Å². The summed E-state index contributed by atoms with van der Waals surface area (Å²) in [7, 11) is 0. The Morgan fingerprint density at radius 1 is 1.24 bits per heavy atom. The number of nitrogens with one attached hydrogen (secondary N) is 1. The van der Waals surface area contributed by atoms with Crippen molar-refractivity contribution in [2.24, 2.45) is 0 Å². The SMILES string of the molecule is Cc1cc(OCC(=O)OCC(=O)NCCc2ccc(Cl)cc2Cl)no1. The van der Waals surface area contributed by atoms with Gasteiger partial charge in [0.2, 0.25) is 0 Å². The Morgan fingerprint density at radius 2 is 2.04 bits per heavy atom. The fourth-order valence-electron chi connectivity index (χ4n) is 1.84. The van der Waals surface area contributed by atoms with E-state index in [0.717, 1.165) is 5.56 Å². The third-order valence-electron chi connectivity index (χ3n) is 3.04. The number of rotatable bonds is 8. The number of carbonyl (C=O) groups is 2. The minimum atomic E-state index is -0.684. The molecule has 2 rings (SSSR count). The molecule has 134 valence electrons. The number of hydrogen-bond donors (Lipinski definition) is 1. The van der Waals surface area contributed by atoms with Gasteiger partial charge in [0.1, 0.15) is 5.76 Å². The van der Waals surface area contributed by atoms with Gasteiger partial charge in [-0.3, -0.25) is 4.79 Å². The Kier molecular flexibility index (Phi) is 7.09. The standard InChI is InChI=1S/C16H16Cl2N2O5/c1-10-6-15(20-25-10)23-9-16(22)24-8-14(21)19-5-4-11-2-3-12(17)7-13(11)18/h2-3,6-7H,4-5,8-9H2,1H3,(H,19,21). The Morgan fingerprint density at radius 3 is 2.72 bits per heavy atom. The molecule has 1 heterocycles. The number of aromatic nitrogens is 1. The van der Waals surface area contributed by atoms with Crippen molar-refractivity contribution in [1.82, 2.24) is 10.5 Å². The molecule has 0 aliphatic rings. The van der Waals surface area contributed by atoms with E-state index < -0.39 is 18.5 Å². The molecule has 0 aliphatic heterocycles. The molecule has 0 saturated heterocycles. The molecule has 0 bridgehead atoms. The normalized spacial score (nSPS) is 10.4. The van der Waals surface area contributed by atoms with Crippen LogP contribution in [0.3, 0.4) is 0 Å². The molecule has 1 aromatic carbocycles. The molecule has 0 fully saturated rings. The molecule has 0 spiro atoms. The Balaban J connectivity index is 1.62. The molecule has 7 nitrogen and oxygen atoms in total. The van der Waals surface area contributed by atoms with Crippen LogP contribution in [0.1, 0.15) is 11.3 Å². The molecule has 0 atom stereocenters. The van der Waals surface area contributed by atoms with Gasteiger partial charge < -0.3 is 19.3 Å². The lowest BCUT2D eigenvalue weighted by Crippen LogP contribution is -2.31. The van der Waals surface area contributed by atoms with Crippen LogP contribution in [0.15, 0.2) is 28.8 Å². The molecule has 2 aromatic rings. The Bertz CT molecular complexity index is 748. The van der Waals surface area contributed by atoms with Crippen molar-refractivity contribution in [3.05, 3.63) is 45.6 Å². The van der Waals surface area contributed by atoms with Gasteiger partial charge in [0.05, 0.1) is 0 Å². The van der Waals surface area contributed by atoms with Gasteiger partial charge in [-0.1, -0.05) is 29.3 Å². The summed E-state index contributed by atoms with van der Waals surface area (Å²) in [4.78, 5) is 23.1. The van der Waals surface area contributed by atoms with Crippen molar-refractivity contribution in [1.29, 1.82) is 0 Å². The molecule has 0 unspecified atom stereocenters. The summed E-state index contributed by atoms with van der Waals surface area (Å²) in [5.74, 6) is -0.366. The highest BCUT2D eigenvalue weighted by atomic mass is 35.5. The van der Waals surface area contributed by atoms with Gasteiger partial charge in [-0.15, -0.1) is 0 Å². The number of esters is 1. The average molecular weight is 387 g/mol. The number of amides is 1. The molecule has 1 N–H and O–H groups in total.